The Kier molecular flexibility index (Phi) is 3.04. The van der Waals surface area contributed by atoms with Crippen molar-refractivity contribution in [1.82, 2.24) is 4.90 Å². The molecule has 14 heavy (non-hydrogen) atoms. The zero-order valence-electron chi connectivity index (χ0n) is 8.70. The van der Waals surface area contributed by atoms with Crippen LogP contribution in [0.25, 0.3) is 0 Å². The van der Waals surface area contributed by atoms with Crippen molar-refractivity contribution in [1.29, 1.82) is 0 Å². The molecule has 1 aliphatic rings. The van der Waals surface area contributed by atoms with Crippen molar-refractivity contribution in [2.24, 2.45) is 0 Å². The number of nitrogens with zero attached hydrogens (tertiary/aromatic N) is 1. The van der Waals surface area contributed by atoms with E-state index in [9.17, 15) is 0 Å². The molecule has 0 bridgehead atoms. The molecular formula is C12H17NO. The van der Waals surface area contributed by atoms with Crippen LogP contribution >= 0.6 is 0 Å². The fraction of sp³-hybridized carbons (Fsp3) is 0.500. The molecular weight excluding hydrogens is 174 g/mol. The summed E-state index contributed by atoms with van der Waals surface area (Å²) in [7, 11) is 0. The summed E-state index contributed by atoms with van der Waals surface area (Å²) in [5.74, 6) is 1.06. The summed E-state index contributed by atoms with van der Waals surface area (Å²) in [6.07, 6.45) is 1.21. The average molecular weight is 191 g/mol. The zero-order chi connectivity index (χ0) is 9.80. The Morgan fingerprint density at radius 2 is 2.21 bits per heavy atom. The first kappa shape index (κ1) is 9.53. The van der Waals surface area contributed by atoms with Crippen LogP contribution in [0.2, 0.25) is 0 Å². The molecule has 2 nitrogen and oxygen atoms in total. The molecule has 0 amide bonds. The van der Waals surface area contributed by atoms with Crippen LogP contribution in [0.3, 0.4) is 0 Å². The maximum Gasteiger partial charge on any atom is 0.123 e. The van der Waals surface area contributed by atoms with Crippen molar-refractivity contribution >= 4 is 0 Å². The Morgan fingerprint density at radius 3 is 3.07 bits per heavy atom. The molecule has 0 unspecified atom stereocenters. The second-order valence-corrected chi connectivity index (χ2v) is 3.73. The summed E-state index contributed by atoms with van der Waals surface area (Å²) >= 11 is 0. The van der Waals surface area contributed by atoms with Crippen molar-refractivity contribution in [3.8, 4) is 5.75 Å². The normalized spacial score (nSPS) is 16.9. The molecule has 2 heteroatoms. The summed E-state index contributed by atoms with van der Waals surface area (Å²) in [5, 5.41) is 0. The Balaban J connectivity index is 2.14. The molecule has 0 N–H and O–H groups in total. The van der Waals surface area contributed by atoms with E-state index in [0.29, 0.717) is 0 Å². The molecule has 1 aliphatic heterocycles. The maximum absolute atomic E-state index is 5.68. The van der Waals surface area contributed by atoms with Gasteiger partial charge in [0.05, 0.1) is 0 Å². The number of rotatable bonds is 2. The Hall–Kier alpha value is -1.02. The quantitative estimate of drug-likeness (QED) is 0.711. The van der Waals surface area contributed by atoms with Gasteiger partial charge in [0, 0.05) is 18.7 Å². The van der Waals surface area contributed by atoms with Gasteiger partial charge in [-0.3, -0.25) is 4.90 Å². The smallest absolute Gasteiger partial charge is 0.123 e. The fourth-order valence-electron chi connectivity index (χ4n) is 1.89. The highest BCUT2D eigenvalue weighted by Crippen LogP contribution is 2.22. The molecule has 1 aromatic rings. The van der Waals surface area contributed by atoms with Gasteiger partial charge in [-0.1, -0.05) is 25.1 Å². The number of para-hydroxylation sites is 1. The van der Waals surface area contributed by atoms with Crippen LogP contribution in [0.15, 0.2) is 24.3 Å². The fourth-order valence-corrected chi connectivity index (χ4v) is 1.89. The van der Waals surface area contributed by atoms with E-state index in [1.54, 1.807) is 0 Å². The van der Waals surface area contributed by atoms with Crippen LogP contribution in [0.4, 0.5) is 0 Å². The van der Waals surface area contributed by atoms with Gasteiger partial charge in [-0.25, -0.2) is 0 Å². The van der Waals surface area contributed by atoms with E-state index in [4.69, 9.17) is 4.74 Å². The minimum Gasteiger partial charge on any atom is -0.492 e. The third-order valence-corrected chi connectivity index (χ3v) is 2.57. The molecule has 0 saturated carbocycles. The topological polar surface area (TPSA) is 12.5 Å². The Bertz CT molecular complexity index is 298. The highest BCUT2D eigenvalue weighted by Gasteiger charge is 2.13. The van der Waals surface area contributed by atoms with Gasteiger partial charge in [0.1, 0.15) is 12.4 Å². The number of hydrogen-bond donors (Lipinski definition) is 0. The predicted molar refractivity (Wildman–Crippen MR) is 57.5 cm³/mol. The van der Waals surface area contributed by atoms with Gasteiger partial charge in [-0.15, -0.1) is 0 Å². The van der Waals surface area contributed by atoms with E-state index >= 15 is 0 Å². The predicted octanol–water partition coefficient (Wildman–Crippen LogP) is 2.29. The molecule has 76 valence electrons. The highest BCUT2D eigenvalue weighted by molar-refractivity contribution is 5.33. The van der Waals surface area contributed by atoms with Crippen molar-refractivity contribution in [2.75, 3.05) is 19.7 Å². The lowest BCUT2D eigenvalue weighted by Crippen LogP contribution is -2.26. The first-order valence-corrected chi connectivity index (χ1v) is 5.33. The van der Waals surface area contributed by atoms with Gasteiger partial charge in [0.15, 0.2) is 0 Å². The molecule has 2 rings (SSSR count). The monoisotopic (exact) mass is 191 g/mol. The molecule has 0 aromatic heterocycles. The minimum absolute atomic E-state index is 0.816. The molecule has 0 atom stereocenters. The van der Waals surface area contributed by atoms with Crippen LogP contribution in [0.5, 0.6) is 5.75 Å². The van der Waals surface area contributed by atoms with Crippen LogP contribution in [-0.4, -0.2) is 24.6 Å². The van der Waals surface area contributed by atoms with E-state index in [1.807, 2.05) is 6.07 Å². The van der Waals surface area contributed by atoms with Crippen LogP contribution in [0.1, 0.15) is 18.9 Å². The Labute approximate surface area is 85.5 Å². The van der Waals surface area contributed by atoms with E-state index in [0.717, 1.165) is 32.0 Å². The van der Waals surface area contributed by atoms with E-state index in [-0.39, 0.29) is 0 Å². The van der Waals surface area contributed by atoms with Crippen LogP contribution < -0.4 is 4.74 Å². The third-order valence-electron chi connectivity index (χ3n) is 2.57. The summed E-state index contributed by atoms with van der Waals surface area (Å²) in [4.78, 5) is 2.45. The number of hydrogen-bond acceptors (Lipinski definition) is 2. The van der Waals surface area contributed by atoms with Gasteiger partial charge in [0.25, 0.3) is 0 Å². The Morgan fingerprint density at radius 1 is 1.36 bits per heavy atom. The van der Waals surface area contributed by atoms with Gasteiger partial charge >= 0.3 is 0 Å². The van der Waals surface area contributed by atoms with Gasteiger partial charge in [-0.05, 0) is 19.0 Å². The van der Waals surface area contributed by atoms with Crippen molar-refractivity contribution in [3.63, 3.8) is 0 Å². The minimum atomic E-state index is 0.816. The summed E-state index contributed by atoms with van der Waals surface area (Å²) in [6, 6.07) is 8.33. The maximum atomic E-state index is 5.68. The van der Waals surface area contributed by atoms with Crippen LogP contribution in [-0.2, 0) is 6.54 Å². The summed E-state index contributed by atoms with van der Waals surface area (Å²) in [5.41, 5.74) is 1.32. The molecule has 0 spiro atoms. The van der Waals surface area contributed by atoms with Crippen molar-refractivity contribution in [3.05, 3.63) is 29.8 Å². The van der Waals surface area contributed by atoms with E-state index < -0.39 is 0 Å². The second kappa shape index (κ2) is 4.47. The number of benzene rings is 1. The van der Waals surface area contributed by atoms with E-state index in [1.165, 1.54) is 12.0 Å². The standard InChI is InChI=1S/C12H17NO/c1-2-7-13-8-9-14-12-6-4-3-5-11(12)10-13/h3-6H,2,7-10H2,1H3. The SMILES string of the molecule is CCCN1CCOc2ccccc2C1. The molecule has 0 radical (unpaired) electrons. The van der Waals surface area contributed by atoms with E-state index in [2.05, 4.69) is 30.0 Å². The number of fused-ring (bicyclic) bond motifs is 1. The van der Waals surface area contributed by atoms with Crippen LogP contribution in [0, 0.1) is 0 Å². The van der Waals surface area contributed by atoms with Gasteiger partial charge in [-0.2, -0.15) is 0 Å². The highest BCUT2D eigenvalue weighted by atomic mass is 16.5. The first-order chi connectivity index (χ1) is 6.90. The summed E-state index contributed by atoms with van der Waals surface area (Å²) in [6.45, 7) is 6.28. The molecule has 1 heterocycles. The molecule has 0 fully saturated rings. The first-order valence-electron chi connectivity index (χ1n) is 5.33. The largest absolute Gasteiger partial charge is 0.492 e. The lowest BCUT2D eigenvalue weighted by Gasteiger charge is -2.17. The number of ether oxygens (including phenoxy) is 1. The second-order valence-electron chi connectivity index (χ2n) is 3.73. The molecule has 0 saturated heterocycles. The van der Waals surface area contributed by atoms with Gasteiger partial charge in [0.2, 0.25) is 0 Å². The van der Waals surface area contributed by atoms with Gasteiger partial charge < -0.3 is 4.74 Å². The summed E-state index contributed by atoms with van der Waals surface area (Å²) < 4.78 is 5.68. The average Bonchev–Trinajstić information content (AvgIpc) is 2.40. The van der Waals surface area contributed by atoms with Crippen molar-refractivity contribution < 1.29 is 4.74 Å². The third kappa shape index (κ3) is 2.07. The zero-order valence-corrected chi connectivity index (χ0v) is 8.70. The molecule has 1 aromatic carbocycles. The van der Waals surface area contributed by atoms with Crippen molar-refractivity contribution in [2.45, 2.75) is 19.9 Å². The lowest BCUT2D eigenvalue weighted by molar-refractivity contribution is 0.226. The molecule has 0 aliphatic carbocycles. The lowest BCUT2D eigenvalue weighted by atomic mass is 10.2.